The van der Waals surface area contributed by atoms with Crippen LogP contribution < -0.4 is 5.73 Å². The maximum atomic E-state index is 14.0. The molecule has 2 unspecified atom stereocenters. The summed E-state index contributed by atoms with van der Waals surface area (Å²) in [6, 6.07) is 2.88. The minimum Gasteiger partial charge on any atom is -0.375 e. The van der Waals surface area contributed by atoms with Gasteiger partial charge in [0.15, 0.2) is 0 Å². The van der Waals surface area contributed by atoms with Crippen molar-refractivity contribution in [3.63, 3.8) is 0 Å². The van der Waals surface area contributed by atoms with Gasteiger partial charge in [-0.1, -0.05) is 17.7 Å². The summed E-state index contributed by atoms with van der Waals surface area (Å²) in [5, 5.41) is 0.0708. The monoisotopic (exact) mass is 339 g/mol. The van der Waals surface area contributed by atoms with Crippen LogP contribution in [0.25, 0.3) is 0 Å². The minimum atomic E-state index is -0.478. The van der Waals surface area contributed by atoms with Crippen molar-refractivity contribution in [2.75, 3.05) is 18.1 Å². The molecule has 0 spiro atoms. The summed E-state index contributed by atoms with van der Waals surface area (Å²) in [6.45, 7) is 0.662. The molecule has 0 radical (unpaired) electrons. The number of ether oxygens (including phenoxy) is 1. The summed E-state index contributed by atoms with van der Waals surface area (Å²) in [5.41, 5.74) is 6.45. The summed E-state index contributed by atoms with van der Waals surface area (Å²) in [7, 11) is 0. The summed E-state index contributed by atoms with van der Waals surface area (Å²) < 4.78 is 20.0. The molecule has 2 rings (SSSR count). The standard InChI is InChI=1S/C11H12BrClFNOS/c12-7-2-1-6(10(14)9(7)13)11(15)8-5-17-4-3-16-8/h1-2,8,11H,3-5,15H2. The van der Waals surface area contributed by atoms with E-state index in [0.717, 1.165) is 11.5 Å². The summed E-state index contributed by atoms with van der Waals surface area (Å²) in [6.07, 6.45) is -0.152. The van der Waals surface area contributed by atoms with Gasteiger partial charge in [-0.15, -0.1) is 0 Å². The molecule has 0 saturated carbocycles. The molecular weight excluding hydrogens is 329 g/mol. The molecule has 2 atom stereocenters. The summed E-state index contributed by atoms with van der Waals surface area (Å²) in [5.74, 6) is 1.29. The first-order valence-corrected chi connectivity index (χ1v) is 7.52. The van der Waals surface area contributed by atoms with Crippen LogP contribution in [0.5, 0.6) is 0 Å². The second-order valence-corrected chi connectivity index (χ2v) is 6.16. The van der Waals surface area contributed by atoms with Gasteiger partial charge in [0.1, 0.15) is 5.82 Å². The lowest BCUT2D eigenvalue weighted by molar-refractivity contribution is 0.0561. The predicted molar refractivity (Wildman–Crippen MR) is 73.1 cm³/mol. The highest BCUT2D eigenvalue weighted by atomic mass is 79.9. The third-order valence-corrected chi connectivity index (χ3v) is 4.94. The van der Waals surface area contributed by atoms with Gasteiger partial charge in [0.25, 0.3) is 0 Å². The Balaban J connectivity index is 2.24. The molecule has 2 nitrogen and oxygen atoms in total. The van der Waals surface area contributed by atoms with Crippen molar-refractivity contribution in [3.05, 3.63) is 33.0 Å². The molecule has 6 heteroatoms. The van der Waals surface area contributed by atoms with E-state index in [1.807, 2.05) is 0 Å². The van der Waals surface area contributed by atoms with E-state index in [1.165, 1.54) is 0 Å². The van der Waals surface area contributed by atoms with Gasteiger partial charge in [-0.3, -0.25) is 0 Å². The molecule has 2 N–H and O–H groups in total. The van der Waals surface area contributed by atoms with Gasteiger partial charge in [-0.25, -0.2) is 4.39 Å². The van der Waals surface area contributed by atoms with Crippen LogP contribution in [0.3, 0.4) is 0 Å². The first-order chi connectivity index (χ1) is 8.11. The Bertz CT molecular complexity index is 415. The Hall–Kier alpha value is 0.190. The van der Waals surface area contributed by atoms with E-state index in [2.05, 4.69) is 15.9 Å². The smallest absolute Gasteiger partial charge is 0.147 e. The van der Waals surface area contributed by atoms with Crippen molar-refractivity contribution in [1.29, 1.82) is 0 Å². The van der Waals surface area contributed by atoms with Gasteiger partial charge >= 0.3 is 0 Å². The average molecular weight is 341 g/mol. The Labute approximate surface area is 117 Å². The van der Waals surface area contributed by atoms with E-state index >= 15 is 0 Å². The number of thioether (sulfide) groups is 1. The number of rotatable bonds is 2. The van der Waals surface area contributed by atoms with Gasteiger partial charge in [0.05, 0.1) is 23.8 Å². The molecule has 0 bridgehead atoms. The van der Waals surface area contributed by atoms with E-state index in [1.54, 1.807) is 23.9 Å². The molecule has 0 aromatic heterocycles. The maximum absolute atomic E-state index is 14.0. The summed E-state index contributed by atoms with van der Waals surface area (Å²) >= 11 is 10.8. The van der Waals surface area contributed by atoms with Gasteiger partial charge in [0.2, 0.25) is 0 Å². The van der Waals surface area contributed by atoms with Gasteiger partial charge < -0.3 is 10.5 Å². The molecule has 1 aliphatic rings. The largest absolute Gasteiger partial charge is 0.375 e. The molecule has 1 aromatic rings. The number of halogens is 3. The lowest BCUT2D eigenvalue weighted by atomic mass is 10.0. The van der Waals surface area contributed by atoms with Crippen LogP contribution in [0, 0.1) is 5.82 Å². The van der Waals surface area contributed by atoms with Crippen molar-refractivity contribution < 1.29 is 9.13 Å². The van der Waals surface area contributed by atoms with E-state index < -0.39 is 11.9 Å². The average Bonchev–Trinajstić information content (AvgIpc) is 2.36. The van der Waals surface area contributed by atoms with Gasteiger partial charge in [-0.05, 0) is 22.0 Å². The van der Waals surface area contributed by atoms with Crippen molar-refractivity contribution in [1.82, 2.24) is 0 Å². The van der Waals surface area contributed by atoms with E-state index in [9.17, 15) is 4.39 Å². The Morgan fingerprint density at radius 2 is 2.35 bits per heavy atom. The maximum Gasteiger partial charge on any atom is 0.147 e. The lowest BCUT2D eigenvalue weighted by Gasteiger charge is -2.28. The van der Waals surface area contributed by atoms with E-state index in [-0.39, 0.29) is 11.1 Å². The normalized spacial score (nSPS) is 22.5. The second-order valence-electron chi connectivity index (χ2n) is 3.77. The molecule has 0 amide bonds. The van der Waals surface area contributed by atoms with Crippen LogP contribution in [-0.4, -0.2) is 24.2 Å². The first kappa shape index (κ1) is 13.6. The van der Waals surface area contributed by atoms with E-state index in [0.29, 0.717) is 16.6 Å². The molecule has 1 fully saturated rings. The number of hydrogen-bond acceptors (Lipinski definition) is 3. The number of hydrogen-bond donors (Lipinski definition) is 1. The van der Waals surface area contributed by atoms with Gasteiger partial charge in [0, 0.05) is 21.5 Å². The molecule has 0 aliphatic carbocycles. The summed E-state index contributed by atoms with van der Waals surface area (Å²) in [4.78, 5) is 0. The minimum absolute atomic E-state index is 0.0708. The van der Waals surface area contributed by atoms with Crippen LogP contribution in [0.2, 0.25) is 5.02 Å². The Morgan fingerprint density at radius 3 is 3.00 bits per heavy atom. The van der Waals surface area contributed by atoms with Crippen LogP contribution in [0.15, 0.2) is 16.6 Å². The SMILES string of the molecule is NC(c1ccc(Br)c(Cl)c1F)C1CSCCO1. The highest BCUT2D eigenvalue weighted by Crippen LogP contribution is 2.32. The highest BCUT2D eigenvalue weighted by molar-refractivity contribution is 9.10. The van der Waals surface area contributed by atoms with Crippen LogP contribution in [-0.2, 0) is 4.74 Å². The van der Waals surface area contributed by atoms with Crippen molar-refractivity contribution in [3.8, 4) is 0 Å². The predicted octanol–water partition coefficient (Wildman–Crippen LogP) is 3.37. The van der Waals surface area contributed by atoms with Crippen LogP contribution >= 0.6 is 39.3 Å². The third kappa shape index (κ3) is 2.96. The Kier molecular flexibility index (Phi) is 4.72. The van der Waals surface area contributed by atoms with Crippen LogP contribution in [0.4, 0.5) is 4.39 Å². The number of benzene rings is 1. The highest BCUT2D eigenvalue weighted by Gasteiger charge is 2.26. The molecule has 94 valence electrons. The molecule has 1 saturated heterocycles. The van der Waals surface area contributed by atoms with Crippen molar-refractivity contribution in [2.45, 2.75) is 12.1 Å². The van der Waals surface area contributed by atoms with Crippen molar-refractivity contribution in [2.24, 2.45) is 5.73 Å². The Morgan fingerprint density at radius 1 is 1.59 bits per heavy atom. The fourth-order valence-corrected chi connectivity index (χ4v) is 3.11. The fourth-order valence-electron chi connectivity index (χ4n) is 1.71. The van der Waals surface area contributed by atoms with Crippen molar-refractivity contribution >= 4 is 39.3 Å². The quantitative estimate of drug-likeness (QED) is 0.838. The van der Waals surface area contributed by atoms with Gasteiger partial charge in [-0.2, -0.15) is 11.8 Å². The molecule has 17 heavy (non-hydrogen) atoms. The third-order valence-electron chi connectivity index (χ3n) is 2.67. The molecular formula is C11H12BrClFNOS. The first-order valence-electron chi connectivity index (χ1n) is 5.19. The molecule has 1 heterocycles. The molecule has 1 aliphatic heterocycles. The zero-order valence-corrected chi connectivity index (χ0v) is 12.1. The lowest BCUT2D eigenvalue weighted by Crippen LogP contribution is -2.35. The second kappa shape index (κ2) is 5.89. The zero-order valence-electron chi connectivity index (χ0n) is 8.96. The fraction of sp³-hybridized carbons (Fsp3) is 0.455. The van der Waals surface area contributed by atoms with E-state index in [4.69, 9.17) is 22.1 Å². The van der Waals surface area contributed by atoms with Crippen LogP contribution in [0.1, 0.15) is 11.6 Å². The number of nitrogens with two attached hydrogens (primary N) is 1. The molecule has 1 aromatic carbocycles. The zero-order chi connectivity index (χ0) is 12.4. The topological polar surface area (TPSA) is 35.2 Å².